The van der Waals surface area contributed by atoms with Crippen molar-refractivity contribution in [3.8, 4) is 0 Å². The molecule has 1 saturated carbocycles. The number of carbonyl (C=O) groups is 2. The number of anilines is 1. The molecule has 1 aliphatic heterocycles. The number of halogens is 1. The van der Waals surface area contributed by atoms with Crippen LogP contribution in [0.5, 0.6) is 0 Å². The van der Waals surface area contributed by atoms with Crippen molar-refractivity contribution >= 4 is 27.5 Å². The summed E-state index contributed by atoms with van der Waals surface area (Å²) in [6, 6.07) is 4.37. The van der Waals surface area contributed by atoms with Gasteiger partial charge < -0.3 is 5.32 Å². The monoisotopic (exact) mass is 453 g/mol. The molecule has 0 spiro atoms. The van der Waals surface area contributed by atoms with E-state index in [0.717, 1.165) is 36.4 Å². The third-order valence-electron chi connectivity index (χ3n) is 6.24. The minimum Gasteiger partial charge on any atom is -0.351 e. The number of hydrogen-bond acceptors (Lipinski definition) is 4. The summed E-state index contributed by atoms with van der Waals surface area (Å²) in [6.07, 6.45) is 5.28. The Labute approximate surface area is 184 Å². The highest BCUT2D eigenvalue weighted by molar-refractivity contribution is 7.89. The third-order valence-corrected chi connectivity index (χ3v) is 8.21. The van der Waals surface area contributed by atoms with Crippen LogP contribution >= 0.6 is 0 Å². The van der Waals surface area contributed by atoms with Crippen molar-refractivity contribution in [2.75, 3.05) is 23.7 Å². The predicted octanol–water partition coefficient (Wildman–Crippen LogP) is 2.73. The van der Waals surface area contributed by atoms with E-state index in [1.54, 1.807) is 32.9 Å². The lowest BCUT2D eigenvalue weighted by atomic mass is 9.91. The van der Waals surface area contributed by atoms with Crippen molar-refractivity contribution in [1.29, 1.82) is 0 Å². The summed E-state index contributed by atoms with van der Waals surface area (Å²) in [5.41, 5.74) is -0.814. The highest BCUT2D eigenvalue weighted by Gasteiger charge is 2.51. The summed E-state index contributed by atoms with van der Waals surface area (Å²) in [6.45, 7) is 4.39. The Hall–Kier alpha value is -2.00. The molecule has 9 heteroatoms. The van der Waals surface area contributed by atoms with Crippen molar-refractivity contribution in [1.82, 2.24) is 9.62 Å². The van der Waals surface area contributed by atoms with Crippen molar-refractivity contribution < 1.29 is 22.4 Å². The number of hydrogen-bond donors (Lipinski definition) is 1. The summed E-state index contributed by atoms with van der Waals surface area (Å²) in [4.78, 5) is 27.9. The topological polar surface area (TPSA) is 86.8 Å². The van der Waals surface area contributed by atoms with Gasteiger partial charge in [0.1, 0.15) is 11.4 Å². The Morgan fingerprint density at radius 3 is 2.55 bits per heavy atom. The molecule has 7 nitrogen and oxygen atoms in total. The molecule has 0 radical (unpaired) electrons. The molecule has 2 fully saturated rings. The van der Waals surface area contributed by atoms with Crippen LogP contribution in [0.15, 0.2) is 18.2 Å². The van der Waals surface area contributed by atoms with Crippen molar-refractivity contribution in [2.24, 2.45) is 0 Å². The van der Waals surface area contributed by atoms with Crippen molar-refractivity contribution in [2.45, 2.75) is 70.9 Å². The van der Waals surface area contributed by atoms with Gasteiger partial charge in [-0.05, 0) is 50.8 Å². The zero-order valence-corrected chi connectivity index (χ0v) is 19.3. The highest BCUT2D eigenvalue weighted by Crippen LogP contribution is 2.32. The van der Waals surface area contributed by atoms with E-state index in [2.05, 4.69) is 5.32 Å². The number of rotatable bonds is 6. The molecule has 1 saturated heterocycles. The van der Waals surface area contributed by atoms with Crippen LogP contribution in [-0.2, 0) is 19.6 Å². The zero-order chi connectivity index (χ0) is 22.8. The first-order chi connectivity index (χ1) is 14.6. The summed E-state index contributed by atoms with van der Waals surface area (Å²) in [5, 5.41) is 3.03. The standard InChI is InChI=1S/C22H32FN3O4S/c1-4-12-31(29,30)25-14-20(27)26(18-11-10-16(2)19(23)13-18)22(3,15-25)21(28)24-17-8-6-5-7-9-17/h10-11,13,17H,4-9,12,14-15H2,1-3H3,(H,24,28). The highest BCUT2D eigenvalue weighted by atomic mass is 32.2. The molecule has 1 unspecified atom stereocenters. The fourth-order valence-electron chi connectivity index (χ4n) is 4.46. The Kier molecular flexibility index (Phi) is 7.05. The Bertz CT molecular complexity index is 946. The van der Waals surface area contributed by atoms with E-state index in [1.165, 1.54) is 11.0 Å². The molecule has 1 aromatic rings. The Morgan fingerprint density at radius 2 is 1.94 bits per heavy atom. The van der Waals surface area contributed by atoms with Gasteiger partial charge in [0.05, 0.1) is 12.3 Å². The fourth-order valence-corrected chi connectivity index (χ4v) is 5.99. The molecule has 2 amide bonds. The van der Waals surface area contributed by atoms with Crippen LogP contribution < -0.4 is 10.2 Å². The molecule has 3 rings (SSSR count). The van der Waals surface area contributed by atoms with Gasteiger partial charge in [-0.15, -0.1) is 0 Å². The average Bonchev–Trinajstić information content (AvgIpc) is 2.71. The van der Waals surface area contributed by atoms with E-state index in [9.17, 15) is 22.4 Å². The molecular formula is C22H32FN3O4S. The number of nitrogens with one attached hydrogen (secondary N) is 1. The molecule has 0 aromatic heterocycles. The van der Waals surface area contributed by atoms with Gasteiger partial charge in [-0.25, -0.2) is 12.8 Å². The molecule has 2 aliphatic rings. The van der Waals surface area contributed by atoms with Gasteiger partial charge in [-0.1, -0.05) is 32.3 Å². The minimum absolute atomic E-state index is 0.00703. The summed E-state index contributed by atoms with van der Waals surface area (Å²) < 4.78 is 40.9. The summed E-state index contributed by atoms with van der Waals surface area (Å²) >= 11 is 0. The average molecular weight is 454 g/mol. The first-order valence-electron chi connectivity index (χ1n) is 11.0. The molecule has 1 aromatic carbocycles. The first kappa shape index (κ1) is 23.7. The number of sulfonamides is 1. The number of amides is 2. The number of benzene rings is 1. The lowest BCUT2D eigenvalue weighted by Gasteiger charge is -2.47. The minimum atomic E-state index is -3.69. The van der Waals surface area contributed by atoms with E-state index in [0.29, 0.717) is 12.0 Å². The van der Waals surface area contributed by atoms with Crippen LogP contribution in [0.3, 0.4) is 0 Å². The van der Waals surface area contributed by atoms with E-state index >= 15 is 0 Å². The third kappa shape index (κ3) is 4.92. The maximum absolute atomic E-state index is 14.3. The van der Waals surface area contributed by atoms with Gasteiger partial charge in [0.2, 0.25) is 21.8 Å². The largest absolute Gasteiger partial charge is 0.351 e. The molecule has 31 heavy (non-hydrogen) atoms. The van der Waals surface area contributed by atoms with Crippen LogP contribution in [0.4, 0.5) is 10.1 Å². The normalized spacial score (nSPS) is 23.7. The van der Waals surface area contributed by atoms with Gasteiger partial charge in [0.25, 0.3) is 0 Å². The second-order valence-electron chi connectivity index (χ2n) is 8.83. The lowest BCUT2D eigenvalue weighted by molar-refractivity contribution is -0.133. The second kappa shape index (κ2) is 9.24. The van der Waals surface area contributed by atoms with Crippen molar-refractivity contribution in [3.05, 3.63) is 29.6 Å². The summed E-state index contributed by atoms with van der Waals surface area (Å²) in [5.74, 6) is -1.54. The maximum Gasteiger partial charge on any atom is 0.247 e. The molecule has 0 bridgehead atoms. The quantitative estimate of drug-likeness (QED) is 0.718. The first-order valence-corrected chi connectivity index (χ1v) is 12.6. The lowest BCUT2D eigenvalue weighted by Crippen LogP contribution is -2.71. The molecule has 172 valence electrons. The maximum atomic E-state index is 14.3. The predicted molar refractivity (Wildman–Crippen MR) is 118 cm³/mol. The smallest absolute Gasteiger partial charge is 0.247 e. The number of aryl methyl sites for hydroxylation is 1. The fraction of sp³-hybridized carbons (Fsp3) is 0.636. The van der Waals surface area contributed by atoms with Gasteiger partial charge in [0.15, 0.2) is 0 Å². The van der Waals surface area contributed by atoms with Gasteiger partial charge >= 0.3 is 0 Å². The van der Waals surface area contributed by atoms with Crippen LogP contribution in [-0.4, -0.2) is 55.0 Å². The van der Waals surface area contributed by atoms with Gasteiger partial charge in [-0.3, -0.25) is 14.5 Å². The van der Waals surface area contributed by atoms with Crippen molar-refractivity contribution in [3.63, 3.8) is 0 Å². The zero-order valence-electron chi connectivity index (χ0n) is 18.5. The molecule has 1 heterocycles. The van der Waals surface area contributed by atoms with E-state index < -0.39 is 33.2 Å². The summed E-state index contributed by atoms with van der Waals surface area (Å²) in [7, 11) is -3.69. The Morgan fingerprint density at radius 1 is 1.26 bits per heavy atom. The van der Waals surface area contributed by atoms with E-state index in [4.69, 9.17) is 0 Å². The second-order valence-corrected chi connectivity index (χ2v) is 10.9. The van der Waals surface area contributed by atoms with Crippen LogP contribution in [0.1, 0.15) is 57.9 Å². The number of nitrogens with zero attached hydrogens (tertiary/aromatic N) is 2. The SMILES string of the molecule is CCCS(=O)(=O)N1CC(=O)N(c2ccc(C)c(F)c2)C(C)(C(=O)NC2CCCCC2)C1. The van der Waals surface area contributed by atoms with E-state index in [-0.39, 0.29) is 30.6 Å². The van der Waals surface area contributed by atoms with E-state index in [1.807, 2.05) is 0 Å². The van der Waals surface area contributed by atoms with Gasteiger partial charge in [-0.2, -0.15) is 4.31 Å². The molecule has 1 N–H and O–H groups in total. The molecule has 1 aliphatic carbocycles. The molecular weight excluding hydrogens is 421 g/mol. The van der Waals surface area contributed by atoms with Crippen LogP contribution in [0.2, 0.25) is 0 Å². The number of carbonyl (C=O) groups excluding carboxylic acids is 2. The van der Waals surface area contributed by atoms with Gasteiger partial charge in [0, 0.05) is 18.3 Å². The Balaban J connectivity index is 1.99. The van der Waals surface area contributed by atoms with Crippen LogP contribution in [0, 0.1) is 12.7 Å². The number of piperazine rings is 1. The molecule has 1 atom stereocenters. The van der Waals surface area contributed by atoms with Crippen LogP contribution in [0.25, 0.3) is 0 Å².